The van der Waals surface area contributed by atoms with Gasteiger partial charge in [0.25, 0.3) is 17.4 Å². The molecule has 36 nitrogen and oxygen atoms in total. The summed E-state index contributed by atoms with van der Waals surface area (Å²) < 4.78 is 82.1. The van der Waals surface area contributed by atoms with Crippen LogP contribution in [0, 0.1) is 25.7 Å². The van der Waals surface area contributed by atoms with Crippen LogP contribution in [0.25, 0.3) is 54.3 Å². The maximum absolute atomic E-state index is 13.7. The normalized spacial score (nSPS) is 16.3. The van der Waals surface area contributed by atoms with Crippen LogP contribution in [0.2, 0.25) is 0 Å². The number of carbonyl (C=O) groups excluding carboxylic acids is 3. The van der Waals surface area contributed by atoms with Crippen molar-refractivity contribution in [2.45, 2.75) is 58.8 Å². The summed E-state index contributed by atoms with van der Waals surface area (Å²) in [7, 11) is -17.2. The van der Waals surface area contributed by atoms with Crippen LogP contribution < -0.4 is 42.6 Å². The minimum atomic E-state index is -5.87. The van der Waals surface area contributed by atoms with Crippen molar-refractivity contribution in [2.24, 2.45) is 15.2 Å². The molecule has 1 aromatic heterocycles. The van der Waals surface area contributed by atoms with Gasteiger partial charge in [0, 0.05) is 94.1 Å². The Kier molecular flexibility index (Phi) is 25.5. The Morgan fingerprint density at radius 3 is 2.32 bits per heavy atom. The fourth-order valence-corrected chi connectivity index (χ4v) is 12.3. The fraction of sp³-hybridized carbons (Fsp3) is 0.364. The number of ether oxygens (including phenoxy) is 5. The van der Waals surface area contributed by atoms with Gasteiger partial charge in [0.15, 0.2) is 6.23 Å². The first-order valence-corrected chi connectivity index (χ1v) is 32.6. The van der Waals surface area contributed by atoms with E-state index < -0.39 is 103 Å². The van der Waals surface area contributed by atoms with Crippen molar-refractivity contribution in [3.05, 3.63) is 153 Å². The lowest BCUT2D eigenvalue weighted by Crippen LogP contribution is -2.34. The molecule has 3 aliphatic rings. The van der Waals surface area contributed by atoms with Crippen LogP contribution >= 0.6 is 23.5 Å². The van der Waals surface area contributed by atoms with Crippen molar-refractivity contribution in [1.82, 2.24) is 25.5 Å². The van der Waals surface area contributed by atoms with E-state index >= 15 is 0 Å². The molecule has 6 unspecified atom stereocenters. The maximum atomic E-state index is 13.7. The van der Waals surface area contributed by atoms with Gasteiger partial charge in [-0.15, -0.1) is 0 Å². The monoisotopic (exact) mass is 1370 g/mol. The van der Waals surface area contributed by atoms with Crippen LogP contribution in [0.15, 0.2) is 102 Å². The number of aromatic amines is 1. The number of fused-ring (bicyclic) bond motifs is 2. The fourth-order valence-electron chi connectivity index (χ4n) is 9.25. The van der Waals surface area contributed by atoms with Crippen molar-refractivity contribution in [3.63, 3.8) is 0 Å². The van der Waals surface area contributed by atoms with Crippen LogP contribution in [0.5, 0.6) is 5.75 Å². The third-order valence-corrected chi connectivity index (χ3v) is 17.1. The molecule has 3 heterocycles. The number of phosphoric acid groups is 3. The second-order valence-corrected chi connectivity index (χ2v) is 24.3. The predicted molar refractivity (Wildman–Crippen MR) is 330 cm³/mol. The van der Waals surface area contributed by atoms with Crippen molar-refractivity contribution >= 4 is 63.8 Å². The average Bonchev–Trinajstić information content (AvgIpc) is 0.859. The van der Waals surface area contributed by atoms with Crippen LogP contribution in [-0.2, 0) is 50.6 Å². The minimum Gasteiger partial charge on any atom is -0.491 e. The number of hydrogen-bond acceptors (Lipinski definition) is 22. The Morgan fingerprint density at radius 1 is 0.883 bits per heavy atom. The number of anilines is 1. The highest BCUT2D eigenvalue weighted by Gasteiger charge is 2.44. The number of carboxylic acid groups (broad SMARTS) is 1. The lowest BCUT2D eigenvalue weighted by Gasteiger charge is -2.20. The molecule has 0 saturated carbocycles. The van der Waals surface area contributed by atoms with Gasteiger partial charge >= 0.3 is 35.1 Å². The lowest BCUT2D eigenvalue weighted by molar-refractivity contribution is -0.126. The molecule has 1 aliphatic carbocycles. The zero-order chi connectivity index (χ0) is 68.3. The van der Waals surface area contributed by atoms with Gasteiger partial charge in [0.05, 0.1) is 43.4 Å². The van der Waals surface area contributed by atoms with Crippen molar-refractivity contribution in [3.8, 4) is 40.0 Å². The van der Waals surface area contributed by atoms with Gasteiger partial charge in [-0.05, 0) is 104 Å². The molecular weight excluding hydrogens is 1300 g/mol. The number of carboxylic acids is 1. The summed E-state index contributed by atoms with van der Waals surface area (Å²) in [6.45, 7) is 5.79. The second kappa shape index (κ2) is 33.2. The number of phosphoric ester groups is 1. The number of amides is 3. The molecule has 3 amide bonds. The number of hydrogen-bond donors (Lipinski definition) is 10. The Hall–Kier alpha value is -9.06. The molecule has 0 radical (unpaired) electrons. The number of rotatable bonds is 32. The summed E-state index contributed by atoms with van der Waals surface area (Å²) in [5, 5.41) is 29.9. The van der Waals surface area contributed by atoms with E-state index in [1.54, 1.807) is 12.1 Å². The Bertz CT molecular complexity index is 4310. The molecule has 0 bridgehead atoms. The van der Waals surface area contributed by atoms with E-state index in [1.807, 2.05) is 56.9 Å². The number of azide groups is 2. The van der Waals surface area contributed by atoms with Gasteiger partial charge in [0.2, 0.25) is 5.91 Å². The number of aromatic nitrogens is 2. The highest BCUT2D eigenvalue weighted by atomic mass is 31.3. The number of aromatic carboxylic acids is 1. The third-order valence-electron chi connectivity index (χ3n) is 13.3. The Morgan fingerprint density at radius 2 is 1.63 bits per heavy atom. The summed E-state index contributed by atoms with van der Waals surface area (Å²) in [5.74, 6) is 2.79. The number of nitrogens with zero attached hydrogens (tertiary/aromatic N) is 8. The van der Waals surface area contributed by atoms with E-state index in [9.17, 15) is 57.4 Å². The number of aryl methyl sites for hydroxylation is 2. The highest BCUT2D eigenvalue weighted by Crippen LogP contribution is 2.66. The zero-order valence-electron chi connectivity index (χ0n) is 50.2. The first-order chi connectivity index (χ1) is 44.7. The van der Waals surface area contributed by atoms with Crippen molar-refractivity contribution < 1.29 is 98.8 Å². The third kappa shape index (κ3) is 20.5. The molecule has 1 fully saturated rings. The molecule has 7 rings (SSSR count). The molecule has 0 spiro atoms. The molecule has 10 N–H and O–H groups in total. The first kappa shape index (κ1) is 72.4. The van der Waals surface area contributed by atoms with Crippen molar-refractivity contribution in [2.75, 3.05) is 77.8 Å². The summed E-state index contributed by atoms with van der Waals surface area (Å²) in [5.41, 5.74) is 20.4. The average molecular weight is 1370 g/mol. The van der Waals surface area contributed by atoms with E-state index in [0.717, 1.165) is 32.9 Å². The molecular formula is C55H62N13O23P3. The summed E-state index contributed by atoms with van der Waals surface area (Å²) in [6.07, 6.45) is -4.44. The number of H-pyrrole nitrogens is 1. The Labute approximate surface area is 531 Å². The quantitative estimate of drug-likeness (QED) is 0.00482. The predicted octanol–water partition coefficient (Wildman–Crippen LogP) is 5.38. The summed E-state index contributed by atoms with van der Waals surface area (Å²) in [4.78, 5) is 127. The smallest absolute Gasteiger partial charge is 0.490 e. The van der Waals surface area contributed by atoms with Crippen LogP contribution in [0.1, 0.15) is 74.3 Å². The SMILES string of the molecule is CCN=c1cc2oc3cc(NCC)c(C)cc3c(-c3cc(C(=O)NCCNC(=O)c4cccc(OCC(N=[N+]=[N-])OCCOCC(=O)NCC#Cc5cn(C6CC(OCN=[N+]=[N-])C(COP(=O)(O)OP(=O)(O)OP(=O)(O)O)O6)c(=O)[nH]c5=O)c4)ccc3C(=O)O)c-2cc1C. The van der Waals surface area contributed by atoms with Gasteiger partial charge in [0.1, 0.15) is 54.9 Å². The molecule has 1 saturated heterocycles. The number of benzene rings is 4. The van der Waals surface area contributed by atoms with Gasteiger partial charge in [-0.2, -0.15) is 8.62 Å². The second-order valence-electron chi connectivity index (χ2n) is 19.9. The number of carbonyl (C=O) groups is 4. The molecule has 2 aliphatic heterocycles. The highest BCUT2D eigenvalue weighted by molar-refractivity contribution is 7.66. The zero-order valence-corrected chi connectivity index (χ0v) is 52.9. The van der Waals surface area contributed by atoms with Crippen LogP contribution in [0.3, 0.4) is 0 Å². The topological polar surface area (TPSA) is 520 Å². The lowest BCUT2D eigenvalue weighted by atomic mass is 9.88. The van der Waals surface area contributed by atoms with Gasteiger partial charge in [-0.3, -0.25) is 38.2 Å². The van der Waals surface area contributed by atoms with Crippen LogP contribution in [0.4, 0.5) is 5.69 Å². The maximum Gasteiger partial charge on any atom is 0.490 e. The largest absolute Gasteiger partial charge is 0.491 e. The number of nitrogens with one attached hydrogen (secondary N) is 5. The van der Waals surface area contributed by atoms with E-state index in [-0.39, 0.29) is 73.9 Å². The van der Waals surface area contributed by atoms with Crippen molar-refractivity contribution in [1.29, 1.82) is 0 Å². The molecule has 94 heavy (non-hydrogen) atoms. The van der Waals surface area contributed by atoms with E-state index in [0.29, 0.717) is 46.5 Å². The van der Waals surface area contributed by atoms with E-state index in [1.165, 1.54) is 30.3 Å². The van der Waals surface area contributed by atoms with Gasteiger partial charge in [-0.25, -0.2) is 23.3 Å². The standard InChI is InChI=1S/C55H62N13O23P3/c1-5-58-41-23-43-39(19-31(41)3)50(40-20-32(4)42(59-6-2)24-44(40)88-43)38-22-34(12-13-37(38)54(73)74)52(71)62-16-15-61-51(70)33-9-7-11-36(21-33)85-29-48(65-67-57)84-18-17-83-28-47(69)60-14-8-10-35-26-68(55(75)64-53(35)72)49-25-45(86-30-63-66-56)46(89-49)27-87-93(79,80)91-94(81,82)90-92(76,77)78/h7,9,11-13,19-24,26,45-46,48-49,58H,5-6,14-18,25,27-30H2,1-4H3,(H,60,69)(H,61,70)(H,62,71)(H,73,74)(H,79,80)(H,81,82)(H,64,72,75)(H2,76,77,78). The summed E-state index contributed by atoms with van der Waals surface area (Å²) in [6, 6.07) is 17.9. The molecule has 3 aromatic carbocycles. The van der Waals surface area contributed by atoms with Crippen LogP contribution in [-0.4, -0.2) is 149 Å². The first-order valence-electron chi connectivity index (χ1n) is 28.1. The van der Waals surface area contributed by atoms with E-state index in [2.05, 4.69) is 71.3 Å². The summed E-state index contributed by atoms with van der Waals surface area (Å²) >= 11 is 0. The van der Waals surface area contributed by atoms with Gasteiger partial charge < -0.3 is 74.0 Å². The molecule has 39 heteroatoms. The molecule has 6 atom stereocenters. The minimum absolute atomic E-state index is 0.00399. The Balaban J connectivity index is 0.861. The van der Waals surface area contributed by atoms with E-state index in [4.69, 9.17) is 49.0 Å². The molecule has 500 valence electrons. The van der Waals surface area contributed by atoms with Gasteiger partial charge in [-0.1, -0.05) is 28.1 Å². The molecule has 4 aromatic rings.